The van der Waals surface area contributed by atoms with Crippen molar-refractivity contribution in [2.24, 2.45) is 0 Å². The Morgan fingerprint density at radius 3 is 2.53 bits per heavy atom. The van der Waals surface area contributed by atoms with Crippen LogP contribution in [0.5, 0.6) is 0 Å². The number of aromatic carboxylic acids is 1. The van der Waals surface area contributed by atoms with E-state index in [2.05, 4.69) is 16.5 Å². The molecule has 0 amide bonds. The van der Waals surface area contributed by atoms with E-state index in [-0.39, 0.29) is 5.82 Å². The highest BCUT2D eigenvalue weighted by Crippen LogP contribution is 2.30. The maximum Gasteiger partial charge on any atom is 0.434 e. The van der Waals surface area contributed by atoms with E-state index in [9.17, 15) is 18.0 Å². The Hall–Kier alpha value is -1.92. The topological polar surface area (TPSA) is 63.1 Å². The molecule has 80 valence electrons. The summed E-state index contributed by atoms with van der Waals surface area (Å²) in [5.74, 6) is -2.00. The third-order valence-electron chi connectivity index (χ3n) is 1.49. The lowest BCUT2D eigenvalue weighted by molar-refractivity contribution is -0.141. The van der Waals surface area contributed by atoms with Crippen LogP contribution in [0.1, 0.15) is 21.9 Å². The summed E-state index contributed by atoms with van der Waals surface area (Å²) >= 11 is 0. The zero-order chi connectivity index (χ0) is 11.6. The van der Waals surface area contributed by atoms with E-state index < -0.39 is 23.4 Å². The molecule has 0 aliphatic heterocycles. The maximum absolute atomic E-state index is 12.3. The number of carbonyl (C=O) groups is 1. The molecule has 0 radical (unpaired) electrons. The van der Waals surface area contributed by atoms with E-state index in [1.165, 1.54) is 0 Å². The number of carboxylic acids is 1. The first-order valence-electron chi connectivity index (χ1n) is 3.66. The second-order valence-electron chi connectivity index (χ2n) is 2.50. The first-order valence-corrected chi connectivity index (χ1v) is 3.66. The average molecular weight is 218 g/mol. The highest BCUT2D eigenvalue weighted by Gasteiger charge is 2.37. The second kappa shape index (κ2) is 3.68. The van der Waals surface area contributed by atoms with Crippen molar-refractivity contribution < 1.29 is 23.1 Å². The molecule has 15 heavy (non-hydrogen) atoms. The van der Waals surface area contributed by atoms with E-state index in [4.69, 9.17) is 5.11 Å². The molecule has 7 heteroatoms. The molecule has 0 aliphatic rings. The summed E-state index contributed by atoms with van der Waals surface area (Å²) in [5, 5.41) is 8.49. The van der Waals surface area contributed by atoms with E-state index in [1.54, 1.807) is 0 Å². The Morgan fingerprint density at radius 1 is 1.53 bits per heavy atom. The summed E-state index contributed by atoms with van der Waals surface area (Å²) in [4.78, 5) is 16.9. The Kier molecular flexibility index (Phi) is 2.74. The zero-order valence-corrected chi connectivity index (χ0v) is 7.25. The highest BCUT2D eigenvalue weighted by atomic mass is 19.4. The van der Waals surface area contributed by atoms with Gasteiger partial charge in [-0.2, -0.15) is 13.2 Å². The van der Waals surface area contributed by atoms with Crippen LogP contribution < -0.4 is 0 Å². The van der Waals surface area contributed by atoms with Crippen LogP contribution in [0, 0.1) is 0 Å². The predicted molar refractivity (Wildman–Crippen MR) is 44.1 cm³/mol. The molecule has 1 rings (SSSR count). The first-order chi connectivity index (χ1) is 6.86. The van der Waals surface area contributed by atoms with Gasteiger partial charge in [0.15, 0.2) is 11.5 Å². The Bertz CT molecular complexity index is 415. The van der Waals surface area contributed by atoms with Gasteiger partial charge in [-0.1, -0.05) is 6.58 Å². The molecule has 0 saturated heterocycles. The molecule has 0 aromatic carbocycles. The third kappa shape index (κ3) is 2.30. The molecule has 0 bridgehead atoms. The van der Waals surface area contributed by atoms with Gasteiger partial charge in [0.05, 0.1) is 0 Å². The molecule has 0 saturated carbocycles. The standard InChI is InChI=1S/C8H5F3N2O2/c1-2-5-12-3-4(7(14)15)6(13-5)8(9,10)11/h2-3H,1H2,(H,14,15). The molecule has 0 fully saturated rings. The third-order valence-corrected chi connectivity index (χ3v) is 1.49. The van der Waals surface area contributed by atoms with Gasteiger partial charge in [-0.3, -0.25) is 0 Å². The normalized spacial score (nSPS) is 11.1. The summed E-state index contributed by atoms with van der Waals surface area (Å²) in [6.45, 7) is 3.19. The highest BCUT2D eigenvalue weighted by molar-refractivity contribution is 5.88. The van der Waals surface area contributed by atoms with E-state index in [0.717, 1.165) is 6.08 Å². The van der Waals surface area contributed by atoms with Gasteiger partial charge < -0.3 is 5.11 Å². The molecule has 1 aromatic rings. The monoisotopic (exact) mass is 218 g/mol. The summed E-state index contributed by atoms with van der Waals surface area (Å²) < 4.78 is 37.0. The molecular formula is C8H5F3N2O2. The number of rotatable bonds is 2. The zero-order valence-electron chi connectivity index (χ0n) is 7.25. The van der Waals surface area contributed by atoms with Crippen LogP contribution in [0.4, 0.5) is 13.2 Å². The van der Waals surface area contributed by atoms with Crippen LogP contribution in [-0.2, 0) is 6.18 Å². The van der Waals surface area contributed by atoms with Crippen molar-refractivity contribution in [1.82, 2.24) is 9.97 Å². The second-order valence-corrected chi connectivity index (χ2v) is 2.50. The lowest BCUT2D eigenvalue weighted by Gasteiger charge is -2.08. The van der Waals surface area contributed by atoms with Crippen molar-refractivity contribution in [3.63, 3.8) is 0 Å². The number of hydrogen-bond donors (Lipinski definition) is 1. The Labute approximate surface area is 82.1 Å². The van der Waals surface area contributed by atoms with E-state index >= 15 is 0 Å². The molecule has 0 aliphatic carbocycles. The molecular weight excluding hydrogens is 213 g/mol. The molecule has 1 heterocycles. The Balaban J connectivity index is 3.42. The lowest BCUT2D eigenvalue weighted by Crippen LogP contribution is -2.16. The van der Waals surface area contributed by atoms with Gasteiger partial charge in [0.2, 0.25) is 0 Å². The van der Waals surface area contributed by atoms with Gasteiger partial charge in [-0.25, -0.2) is 14.8 Å². The van der Waals surface area contributed by atoms with E-state index in [0.29, 0.717) is 6.20 Å². The van der Waals surface area contributed by atoms with Crippen LogP contribution in [0.3, 0.4) is 0 Å². The minimum Gasteiger partial charge on any atom is -0.478 e. The largest absolute Gasteiger partial charge is 0.478 e. The quantitative estimate of drug-likeness (QED) is 0.822. The van der Waals surface area contributed by atoms with Gasteiger partial charge in [0, 0.05) is 6.20 Å². The predicted octanol–water partition coefficient (Wildman–Crippen LogP) is 1.84. The molecule has 0 unspecified atom stereocenters. The Morgan fingerprint density at radius 2 is 2.13 bits per heavy atom. The number of alkyl halides is 3. The van der Waals surface area contributed by atoms with Gasteiger partial charge in [0.1, 0.15) is 5.56 Å². The van der Waals surface area contributed by atoms with Gasteiger partial charge in [0.25, 0.3) is 0 Å². The number of carboxylic acid groups (broad SMARTS) is 1. The van der Waals surface area contributed by atoms with Gasteiger partial charge in [-0.05, 0) is 6.08 Å². The van der Waals surface area contributed by atoms with Gasteiger partial charge >= 0.3 is 12.1 Å². The molecule has 0 atom stereocenters. The lowest BCUT2D eigenvalue weighted by atomic mass is 10.2. The van der Waals surface area contributed by atoms with Crippen LogP contribution >= 0.6 is 0 Å². The van der Waals surface area contributed by atoms with Crippen molar-refractivity contribution in [2.45, 2.75) is 6.18 Å². The summed E-state index contributed by atoms with van der Waals surface area (Å²) in [7, 11) is 0. The minimum absolute atomic E-state index is 0.271. The van der Waals surface area contributed by atoms with Crippen molar-refractivity contribution in [3.05, 3.63) is 29.9 Å². The van der Waals surface area contributed by atoms with Crippen molar-refractivity contribution in [1.29, 1.82) is 0 Å². The number of nitrogens with zero attached hydrogens (tertiary/aromatic N) is 2. The van der Waals surface area contributed by atoms with Crippen molar-refractivity contribution in [2.75, 3.05) is 0 Å². The van der Waals surface area contributed by atoms with Crippen molar-refractivity contribution in [3.8, 4) is 0 Å². The molecule has 4 nitrogen and oxygen atoms in total. The van der Waals surface area contributed by atoms with Crippen molar-refractivity contribution >= 4 is 12.0 Å². The minimum atomic E-state index is -4.82. The molecule has 1 N–H and O–H groups in total. The average Bonchev–Trinajstić information content (AvgIpc) is 2.15. The maximum atomic E-state index is 12.3. The number of halogens is 3. The van der Waals surface area contributed by atoms with Crippen LogP contribution in [0.25, 0.3) is 6.08 Å². The summed E-state index contributed by atoms with van der Waals surface area (Å²) in [5.41, 5.74) is -2.45. The van der Waals surface area contributed by atoms with Gasteiger partial charge in [-0.15, -0.1) is 0 Å². The van der Waals surface area contributed by atoms with Crippen LogP contribution in [0.2, 0.25) is 0 Å². The SMILES string of the molecule is C=Cc1ncc(C(=O)O)c(C(F)(F)F)n1. The summed E-state index contributed by atoms with van der Waals surface area (Å²) in [6.07, 6.45) is -3.22. The fourth-order valence-electron chi connectivity index (χ4n) is 0.866. The fourth-order valence-corrected chi connectivity index (χ4v) is 0.866. The number of hydrogen-bond acceptors (Lipinski definition) is 3. The van der Waals surface area contributed by atoms with Crippen LogP contribution in [0.15, 0.2) is 12.8 Å². The van der Waals surface area contributed by atoms with Crippen LogP contribution in [-0.4, -0.2) is 21.0 Å². The number of aromatic nitrogens is 2. The fraction of sp³-hybridized carbons (Fsp3) is 0.125. The molecule has 1 aromatic heterocycles. The molecule has 0 spiro atoms. The smallest absolute Gasteiger partial charge is 0.434 e. The van der Waals surface area contributed by atoms with E-state index in [1.807, 2.05) is 0 Å². The first kappa shape index (κ1) is 11.2. The summed E-state index contributed by atoms with van der Waals surface area (Å²) in [6, 6.07) is 0.